The Kier molecular flexibility index (Phi) is 6.19. The molecule has 2 aliphatic heterocycles. The van der Waals surface area contributed by atoms with Gasteiger partial charge < -0.3 is 10.2 Å². The summed E-state index contributed by atoms with van der Waals surface area (Å²) in [5.74, 6) is 1.52. The monoisotopic (exact) mass is 554 g/mol. The maximum atomic E-state index is 14.8. The van der Waals surface area contributed by atoms with E-state index in [1.54, 1.807) is 23.9 Å². The van der Waals surface area contributed by atoms with Crippen LogP contribution in [-0.4, -0.2) is 34.0 Å². The molecule has 3 aromatic carbocycles. The summed E-state index contributed by atoms with van der Waals surface area (Å²) in [6.45, 7) is 2.01. The number of carbonyl (C=O) groups excluding carboxylic acids is 1. The molecule has 1 amide bonds. The number of fused-ring (bicyclic) bond motifs is 1. The van der Waals surface area contributed by atoms with E-state index in [9.17, 15) is 13.6 Å². The highest BCUT2D eigenvalue weighted by Crippen LogP contribution is 2.51. The first-order valence-electron chi connectivity index (χ1n) is 10.7. The zero-order valence-corrected chi connectivity index (χ0v) is 21.5. The molecule has 1 fully saturated rings. The molecule has 182 valence electrons. The highest BCUT2D eigenvalue weighted by Gasteiger charge is 2.60. The molecule has 0 aliphatic carbocycles. The van der Waals surface area contributed by atoms with Gasteiger partial charge in [0, 0.05) is 44.7 Å². The Bertz CT molecular complexity index is 1350. The molecule has 1 N–H and O–H groups in total. The number of carbonyl (C=O) groups is 1. The molecule has 1 saturated heterocycles. The molecular formula is C25H19Cl3F2N2O2S. The topological polar surface area (TPSA) is 50.7 Å². The van der Waals surface area contributed by atoms with Crippen molar-refractivity contribution >= 4 is 69.0 Å². The van der Waals surface area contributed by atoms with E-state index in [1.165, 1.54) is 18.2 Å². The number of thioether (sulfide) groups is 1. The van der Waals surface area contributed by atoms with Crippen LogP contribution >= 0.6 is 46.6 Å². The highest BCUT2D eigenvalue weighted by molar-refractivity contribution is 8.00. The van der Waals surface area contributed by atoms with Gasteiger partial charge in [-0.1, -0.05) is 58.7 Å². The molecule has 1 unspecified atom stereocenters. The van der Waals surface area contributed by atoms with Crippen molar-refractivity contribution in [1.82, 2.24) is 5.32 Å². The summed E-state index contributed by atoms with van der Waals surface area (Å²) in [6.07, 6.45) is -0.328. The third-order valence-electron chi connectivity index (χ3n) is 6.25. The molecule has 0 bridgehead atoms. The lowest BCUT2D eigenvalue weighted by atomic mass is 9.85. The summed E-state index contributed by atoms with van der Waals surface area (Å²) in [6, 6.07) is 14.8. The van der Waals surface area contributed by atoms with Gasteiger partial charge in [0.2, 0.25) is 5.60 Å². The average Bonchev–Trinajstić information content (AvgIpc) is 3.23. The second-order valence-electron chi connectivity index (χ2n) is 9.00. The maximum absolute atomic E-state index is 14.8. The van der Waals surface area contributed by atoms with Gasteiger partial charge in [-0.2, -0.15) is 20.5 Å². The maximum Gasteiger partial charge on any atom is 0.367 e. The molecule has 4 nitrogen and oxygen atoms in total. The first kappa shape index (κ1) is 24.6. The van der Waals surface area contributed by atoms with Crippen LogP contribution in [0.15, 0.2) is 59.8 Å². The molecule has 2 aliphatic rings. The number of hydrogen-bond acceptors (Lipinski definition) is 4. The highest BCUT2D eigenvalue weighted by atomic mass is 35.5. The second kappa shape index (κ2) is 8.80. The summed E-state index contributed by atoms with van der Waals surface area (Å²) >= 11 is 19.5. The Morgan fingerprint density at radius 3 is 2.34 bits per heavy atom. The van der Waals surface area contributed by atoms with E-state index < -0.39 is 11.0 Å². The van der Waals surface area contributed by atoms with Crippen molar-refractivity contribution in [2.75, 3.05) is 11.5 Å². The molecule has 10 heteroatoms. The van der Waals surface area contributed by atoms with E-state index in [4.69, 9.17) is 39.6 Å². The van der Waals surface area contributed by atoms with Gasteiger partial charge in [0.05, 0.1) is 11.3 Å². The van der Waals surface area contributed by atoms with E-state index in [0.29, 0.717) is 21.9 Å². The molecule has 0 saturated carbocycles. The minimum atomic E-state index is -3.82. The van der Waals surface area contributed by atoms with Gasteiger partial charge in [-0.15, -0.1) is 0 Å². The van der Waals surface area contributed by atoms with E-state index >= 15 is 0 Å². The number of rotatable bonds is 5. The van der Waals surface area contributed by atoms with Crippen molar-refractivity contribution in [3.63, 3.8) is 0 Å². The molecule has 0 radical (unpaired) electrons. The second-order valence-corrected chi connectivity index (χ2v) is 11.3. The minimum absolute atomic E-state index is 0.0145. The lowest BCUT2D eigenvalue weighted by Crippen LogP contribution is -2.55. The summed E-state index contributed by atoms with van der Waals surface area (Å²) in [5.41, 5.74) is -1.19. The number of benzene rings is 3. The summed E-state index contributed by atoms with van der Waals surface area (Å²) in [4.78, 5) is 18.5. The van der Waals surface area contributed by atoms with E-state index in [0.717, 1.165) is 11.5 Å². The molecule has 35 heavy (non-hydrogen) atoms. The Balaban J connectivity index is 1.54. The Hall–Kier alpha value is -2.06. The fourth-order valence-corrected chi connectivity index (χ4v) is 6.10. The van der Waals surface area contributed by atoms with Crippen LogP contribution in [0.25, 0.3) is 10.8 Å². The van der Waals surface area contributed by atoms with Crippen LogP contribution in [0.4, 0.5) is 8.78 Å². The van der Waals surface area contributed by atoms with Gasteiger partial charge in [0.15, 0.2) is 0 Å². The fourth-order valence-electron chi connectivity index (χ4n) is 4.41. The lowest BCUT2D eigenvalue weighted by Gasteiger charge is -2.38. The Morgan fingerprint density at radius 2 is 1.74 bits per heavy atom. The van der Waals surface area contributed by atoms with Gasteiger partial charge in [-0.3, -0.25) is 4.79 Å². The molecule has 1 atom stereocenters. The molecular weight excluding hydrogens is 537 g/mol. The van der Waals surface area contributed by atoms with Gasteiger partial charge >= 0.3 is 5.38 Å². The average molecular weight is 556 g/mol. The van der Waals surface area contributed by atoms with Crippen molar-refractivity contribution in [2.45, 2.75) is 29.9 Å². The van der Waals surface area contributed by atoms with E-state index in [-0.39, 0.29) is 39.2 Å². The first-order chi connectivity index (χ1) is 16.5. The van der Waals surface area contributed by atoms with Crippen LogP contribution in [0.5, 0.6) is 0 Å². The number of nitrogens with zero attached hydrogens (tertiary/aromatic N) is 1. The normalized spacial score (nSPS) is 21.3. The molecule has 5 rings (SSSR count). The zero-order valence-electron chi connectivity index (χ0n) is 18.4. The van der Waals surface area contributed by atoms with Crippen molar-refractivity contribution in [3.8, 4) is 0 Å². The number of alkyl halides is 3. The number of nitrogens with one attached hydrogen (secondary N) is 1. The molecule has 3 aromatic rings. The van der Waals surface area contributed by atoms with E-state index in [1.807, 2.05) is 31.2 Å². The van der Waals surface area contributed by atoms with Gasteiger partial charge in [0.25, 0.3) is 5.91 Å². The third-order valence-corrected chi connectivity index (χ3v) is 8.68. The number of oxime groups is 1. The largest absolute Gasteiger partial charge is 0.376 e. The smallest absolute Gasteiger partial charge is 0.367 e. The number of halogens is 5. The summed E-state index contributed by atoms with van der Waals surface area (Å²) in [7, 11) is 0. The van der Waals surface area contributed by atoms with Crippen LogP contribution in [0.3, 0.4) is 0 Å². The minimum Gasteiger partial charge on any atom is -0.376 e. The number of amides is 1. The predicted octanol–water partition coefficient (Wildman–Crippen LogP) is 7.23. The first-order valence-corrected chi connectivity index (χ1v) is 13.0. The van der Waals surface area contributed by atoms with Crippen molar-refractivity contribution in [2.24, 2.45) is 5.16 Å². The van der Waals surface area contributed by atoms with Crippen LogP contribution in [0.1, 0.15) is 34.8 Å². The van der Waals surface area contributed by atoms with Gasteiger partial charge in [-0.05, 0) is 53.6 Å². The van der Waals surface area contributed by atoms with Crippen molar-refractivity contribution < 1.29 is 18.4 Å². The Morgan fingerprint density at radius 1 is 1.09 bits per heavy atom. The van der Waals surface area contributed by atoms with Crippen LogP contribution in [-0.2, 0) is 10.4 Å². The SMILES string of the molecule is CC1(NC(=O)c2ccc(C3=NOC(c4cc(Cl)cc(Cl)c4)(C(F)(F)Cl)C3)c3ccccc23)CSC1. The van der Waals surface area contributed by atoms with Gasteiger partial charge in [0.1, 0.15) is 0 Å². The van der Waals surface area contributed by atoms with Crippen molar-refractivity contribution in [1.29, 1.82) is 0 Å². The van der Waals surface area contributed by atoms with Crippen LogP contribution < -0.4 is 5.32 Å². The van der Waals surface area contributed by atoms with E-state index in [2.05, 4.69) is 10.5 Å². The lowest BCUT2D eigenvalue weighted by molar-refractivity contribution is -0.155. The molecule has 0 aromatic heterocycles. The Labute approximate surface area is 219 Å². The predicted molar refractivity (Wildman–Crippen MR) is 138 cm³/mol. The summed E-state index contributed by atoms with van der Waals surface area (Å²) < 4.78 is 29.7. The quantitative estimate of drug-likeness (QED) is 0.338. The molecule has 2 heterocycles. The van der Waals surface area contributed by atoms with Gasteiger partial charge in [-0.25, -0.2) is 0 Å². The van der Waals surface area contributed by atoms with Crippen LogP contribution in [0.2, 0.25) is 10.0 Å². The zero-order chi connectivity index (χ0) is 25.0. The van der Waals surface area contributed by atoms with Crippen molar-refractivity contribution in [3.05, 3.63) is 81.3 Å². The summed E-state index contributed by atoms with van der Waals surface area (Å²) in [5, 5.41) is 5.02. The number of hydrogen-bond donors (Lipinski definition) is 1. The van der Waals surface area contributed by atoms with Crippen LogP contribution in [0, 0.1) is 0 Å². The third kappa shape index (κ3) is 4.37. The fraction of sp³-hybridized carbons (Fsp3) is 0.280. The molecule has 0 spiro atoms. The standard InChI is InChI=1S/C25H19Cl3F2N2O2S/c1-23(12-35-13-23)31-22(33)20-7-6-19(17-4-2-3-5-18(17)20)21-11-24(34-32-21,25(28,29)30)14-8-15(26)10-16(27)9-14/h2-10H,11-13H2,1H3,(H,31,33).